The van der Waals surface area contributed by atoms with Crippen LogP contribution in [0.15, 0.2) is 89.6 Å². The average Bonchev–Trinajstić information content (AvgIpc) is 2.80. The molecule has 0 spiro atoms. The number of nitrogens with zero attached hydrogens (tertiary/aromatic N) is 2. The largest absolute Gasteiger partial charge is 0.493 e. The molecule has 2 heterocycles. The highest BCUT2D eigenvalue weighted by Gasteiger charge is 2.28. The number of aromatic nitrogens is 4. The molecule has 174 valence electrons. The van der Waals surface area contributed by atoms with Gasteiger partial charge in [0.1, 0.15) is 10.8 Å². The molecule has 0 saturated carbocycles. The molecule has 0 amide bonds. The zero-order valence-corrected chi connectivity index (χ0v) is 18.2. The zero-order chi connectivity index (χ0) is 24.4. The Kier molecular flexibility index (Phi) is 6.15. The van der Waals surface area contributed by atoms with E-state index < -0.39 is 54.8 Å². The van der Waals surface area contributed by atoms with Crippen LogP contribution in [-0.4, -0.2) is 33.5 Å². The lowest BCUT2D eigenvalue weighted by Crippen LogP contribution is -2.35. The zero-order valence-electron chi connectivity index (χ0n) is 17.4. The second-order valence-electron chi connectivity index (χ2n) is 7.24. The summed E-state index contributed by atoms with van der Waals surface area (Å²) in [7, 11) is -2.75. The molecular formula is C22H18N4O7S. The molecule has 0 bridgehead atoms. The first-order chi connectivity index (χ1) is 16.3. The second kappa shape index (κ2) is 9.19. The molecule has 4 aromatic rings. The fourth-order valence-corrected chi connectivity index (χ4v) is 4.54. The Morgan fingerprint density at radius 3 is 1.35 bits per heavy atom. The summed E-state index contributed by atoms with van der Waals surface area (Å²) in [5, 5.41) is 21.3. The molecule has 0 saturated heterocycles. The van der Waals surface area contributed by atoms with Crippen molar-refractivity contribution in [3.05, 3.63) is 113 Å². The third kappa shape index (κ3) is 4.26. The monoisotopic (exact) mass is 482 g/mol. The van der Waals surface area contributed by atoms with Crippen LogP contribution in [-0.2, 0) is 23.9 Å². The van der Waals surface area contributed by atoms with Crippen molar-refractivity contribution in [3.8, 4) is 11.8 Å². The number of aromatic hydroxyl groups is 2. The molecule has 4 rings (SSSR count). The van der Waals surface area contributed by atoms with Crippen LogP contribution < -0.4 is 22.5 Å². The molecular weight excluding hydrogens is 464 g/mol. The smallest absolute Gasteiger partial charge is 0.331 e. The summed E-state index contributed by atoms with van der Waals surface area (Å²) in [6.07, 6.45) is 0. The number of H-pyrrole nitrogens is 2. The Labute approximate surface area is 192 Å². The van der Waals surface area contributed by atoms with Crippen LogP contribution in [0.2, 0.25) is 0 Å². The van der Waals surface area contributed by atoms with E-state index in [0.717, 1.165) is 9.13 Å². The van der Waals surface area contributed by atoms with Crippen LogP contribution in [0.5, 0.6) is 11.8 Å². The van der Waals surface area contributed by atoms with E-state index in [1.165, 1.54) is 0 Å². The molecule has 2 aromatic carbocycles. The van der Waals surface area contributed by atoms with E-state index in [2.05, 4.69) is 0 Å². The fraction of sp³-hybridized carbons (Fsp3) is 0.0909. The normalized spacial score (nSPS) is 11.1. The molecule has 0 unspecified atom stereocenters. The first-order valence-corrected chi connectivity index (χ1v) is 11.0. The SMILES string of the molecule is O=c1[nH]c(=O)n(Cc2ccccc2)c(O)c1S(=O)c1c(O)n(Cc2ccccc2)c(=O)[nH]c1=O. The van der Waals surface area contributed by atoms with Crippen LogP contribution in [0, 0.1) is 0 Å². The van der Waals surface area contributed by atoms with E-state index >= 15 is 0 Å². The lowest BCUT2D eigenvalue weighted by atomic mass is 10.2. The Bertz CT molecular complexity index is 1500. The van der Waals surface area contributed by atoms with Gasteiger partial charge in [-0.2, -0.15) is 0 Å². The van der Waals surface area contributed by atoms with Gasteiger partial charge < -0.3 is 10.2 Å². The first kappa shape index (κ1) is 22.7. The van der Waals surface area contributed by atoms with Crippen LogP contribution in [0.4, 0.5) is 0 Å². The van der Waals surface area contributed by atoms with Gasteiger partial charge in [-0.05, 0) is 11.1 Å². The van der Waals surface area contributed by atoms with Crippen LogP contribution in [0.1, 0.15) is 11.1 Å². The maximum atomic E-state index is 13.3. The van der Waals surface area contributed by atoms with Gasteiger partial charge in [-0.25, -0.2) is 13.8 Å². The Morgan fingerprint density at radius 1 is 0.647 bits per heavy atom. The molecule has 34 heavy (non-hydrogen) atoms. The fourth-order valence-electron chi connectivity index (χ4n) is 3.34. The van der Waals surface area contributed by atoms with E-state index in [9.17, 15) is 33.6 Å². The van der Waals surface area contributed by atoms with E-state index in [4.69, 9.17) is 0 Å². The van der Waals surface area contributed by atoms with Crippen molar-refractivity contribution in [1.82, 2.24) is 19.1 Å². The summed E-state index contributed by atoms with van der Waals surface area (Å²) >= 11 is 0. The minimum Gasteiger partial charge on any atom is -0.493 e. The molecule has 12 heteroatoms. The minimum atomic E-state index is -2.75. The third-order valence-corrected chi connectivity index (χ3v) is 6.48. The van der Waals surface area contributed by atoms with Gasteiger partial charge in [0.05, 0.1) is 13.1 Å². The van der Waals surface area contributed by atoms with E-state index in [1.54, 1.807) is 60.7 Å². The topological polar surface area (TPSA) is 167 Å². The number of nitrogens with one attached hydrogen (secondary N) is 2. The molecule has 0 aliphatic carbocycles. The Morgan fingerprint density at radius 2 is 1.00 bits per heavy atom. The van der Waals surface area contributed by atoms with Crippen molar-refractivity contribution in [2.24, 2.45) is 0 Å². The highest BCUT2D eigenvalue weighted by molar-refractivity contribution is 7.85. The lowest BCUT2D eigenvalue weighted by Gasteiger charge is -2.13. The molecule has 0 atom stereocenters. The quantitative estimate of drug-likeness (QED) is 0.301. The van der Waals surface area contributed by atoms with Gasteiger partial charge in [-0.15, -0.1) is 0 Å². The predicted octanol–water partition coefficient (Wildman–Crippen LogP) is 0.0611. The summed E-state index contributed by atoms with van der Waals surface area (Å²) in [6.45, 7) is -0.329. The molecule has 2 aromatic heterocycles. The molecule has 0 aliphatic heterocycles. The molecule has 0 aliphatic rings. The van der Waals surface area contributed by atoms with Crippen molar-refractivity contribution >= 4 is 10.8 Å². The van der Waals surface area contributed by atoms with E-state index in [-0.39, 0.29) is 13.1 Å². The summed E-state index contributed by atoms with van der Waals surface area (Å²) in [4.78, 5) is 51.8. The van der Waals surface area contributed by atoms with Crippen molar-refractivity contribution in [3.63, 3.8) is 0 Å². The average molecular weight is 482 g/mol. The molecule has 0 radical (unpaired) electrons. The Hall–Kier alpha value is -4.45. The summed E-state index contributed by atoms with van der Waals surface area (Å²) in [5.41, 5.74) is -3.13. The van der Waals surface area contributed by atoms with Gasteiger partial charge in [0, 0.05) is 0 Å². The van der Waals surface area contributed by atoms with Crippen LogP contribution in [0.3, 0.4) is 0 Å². The van der Waals surface area contributed by atoms with Gasteiger partial charge in [-0.1, -0.05) is 60.7 Å². The molecule has 11 nitrogen and oxygen atoms in total. The van der Waals surface area contributed by atoms with Gasteiger partial charge in [-0.3, -0.25) is 28.7 Å². The number of benzene rings is 2. The molecule has 0 fully saturated rings. The van der Waals surface area contributed by atoms with Gasteiger partial charge in [0.15, 0.2) is 9.79 Å². The number of hydrogen-bond acceptors (Lipinski definition) is 7. The maximum Gasteiger partial charge on any atom is 0.331 e. The van der Waals surface area contributed by atoms with Crippen molar-refractivity contribution < 1.29 is 14.4 Å². The molecule has 4 N–H and O–H groups in total. The van der Waals surface area contributed by atoms with E-state index in [0.29, 0.717) is 11.1 Å². The summed E-state index contributed by atoms with van der Waals surface area (Å²) in [6, 6.07) is 17.0. The summed E-state index contributed by atoms with van der Waals surface area (Å²) in [5.74, 6) is -1.87. The van der Waals surface area contributed by atoms with Gasteiger partial charge in [0.2, 0.25) is 11.8 Å². The first-order valence-electron chi connectivity index (χ1n) is 9.89. The Balaban J connectivity index is 1.85. The van der Waals surface area contributed by atoms with Crippen molar-refractivity contribution in [2.75, 3.05) is 0 Å². The third-order valence-electron chi connectivity index (χ3n) is 5.00. The number of rotatable bonds is 6. The van der Waals surface area contributed by atoms with Gasteiger partial charge in [0.25, 0.3) is 11.1 Å². The number of aromatic amines is 2. The van der Waals surface area contributed by atoms with Crippen molar-refractivity contribution in [2.45, 2.75) is 22.9 Å². The maximum absolute atomic E-state index is 13.3. The minimum absolute atomic E-state index is 0.164. The van der Waals surface area contributed by atoms with Crippen molar-refractivity contribution in [1.29, 1.82) is 0 Å². The van der Waals surface area contributed by atoms with Gasteiger partial charge >= 0.3 is 11.4 Å². The second-order valence-corrected chi connectivity index (χ2v) is 8.59. The lowest BCUT2D eigenvalue weighted by molar-refractivity contribution is 0.388. The summed E-state index contributed by atoms with van der Waals surface area (Å²) < 4.78 is 14.8. The highest BCUT2D eigenvalue weighted by atomic mass is 32.2. The van der Waals surface area contributed by atoms with E-state index in [1.807, 2.05) is 9.97 Å². The number of hydrogen-bond donors (Lipinski definition) is 4. The predicted molar refractivity (Wildman–Crippen MR) is 122 cm³/mol. The van der Waals surface area contributed by atoms with Crippen LogP contribution >= 0.6 is 0 Å². The standard InChI is InChI=1S/C22H18N4O7S/c27-17-15(19(29)25(21(31)23-17)11-13-7-3-1-4-8-13)34(33)16-18(28)24-22(32)26(20(16)30)12-14-9-5-2-6-10-14/h1-10,29-30H,11-12H2,(H,23,27,31)(H,24,28,32). The van der Waals surface area contributed by atoms with Crippen LogP contribution in [0.25, 0.3) is 0 Å². The highest BCUT2D eigenvalue weighted by Crippen LogP contribution is 2.24.